The van der Waals surface area contributed by atoms with E-state index in [1.807, 2.05) is 0 Å². The van der Waals surface area contributed by atoms with Crippen LogP contribution in [0, 0.1) is 0 Å². The second-order valence-corrected chi connectivity index (χ2v) is 3.40. The summed E-state index contributed by atoms with van der Waals surface area (Å²) in [5.74, 6) is -1.32. The summed E-state index contributed by atoms with van der Waals surface area (Å²) in [6.45, 7) is 1.61. The average Bonchev–Trinajstić information content (AvgIpc) is 2.69. The van der Waals surface area contributed by atoms with Crippen LogP contribution in [0.25, 0.3) is 11.0 Å². The van der Waals surface area contributed by atoms with Gasteiger partial charge in [-0.2, -0.15) is 5.10 Å². The summed E-state index contributed by atoms with van der Waals surface area (Å²) in [4.78, 5) is 18.5. The number of fused-ring (bicyclic) bond motifs is 1. The predicted octanol–water partition coefficient (Wildman–Crippen LogP) is 0.985. The SMILES string of the molecule is CCC(F)n1nc(C(=O)O)c2c(N)ncnc21. The summed E-state index contributed by atoms with van der Waals surface area (Å²) in [5.41, 5.74) is 5.31. The first-order valence-corrected chi connectivity index (χ1v) is 4.92. The van der Waals surface area contributed by atoms with Crippen molar-refractivity contribution in [1.29, 1.82) is 0 Å². The maximum Gasteiger partial charge on any atom is 0.357 e. The molecule has 0 saturated carbocycles. The lowest BCUT2D eigenvalue weighted by molar-refractivity contribution is 0.0689. The number of nitrogens with zero attached hydrogens (tertiary/aromatic N) is 4. The fourth-order valence-corrected chi connectivity index (χ4v) is 1.51. The molecule has 1 atom stereocenters. The molecule has 17 heavy (non-hydrogen) atoms. The Morgan fingerprint density at radius 3 is 2.94 bits per heavy atom. The number of hydrogen-bond acceptors (Lipinski definition) is 5. The lowest BCUT2D eigenvalue weighted by Gasteiger charge is -2.05. The lowest BCUT2D eigenvalue weighted by Crippen LogP contribution is -2.07. The van der Waals surface area contributed by atoms with E-state index in [0.717, 1.165) is 11.0 Å². The Kier molecular flexibility index (Phi) is 2.62. The molecular weight excluding hydrogens is 229 g/mol. The van der Waals surface area contributed by atoms with Crippen LogP contribution in [0.3, 0.4) is 0 Å². The molecule has 8 heteroatoms. The molecule has 0 aromatic carbocycles. The lowest BCUT2D eigenvalue weighted by atomic mass is 10.3. The highest BCUT2D eigenvalue weighted by Crippen LogP contribution is 2.25. The van der Waals surface area contributed by atoms with Crippen LogP contribution in [0.2, 0.25) is 0 Å². The molecule has 2 rings (SSSR count). The van der Waals surface area contributed by atoms with Gasteiger partial charge in [0.1, 0.15) is 12.1 Å². The van der Waals surface area contributed by atoms with Crippen molar-refractivity contribution in [3.8, 4) is 0 Å². The first-order chi connectivity index (χ1) is 8.06. The van der Waals surface area contributed by atoms with E-state index in [-0.39, 0.29) is 29.0 Å². The van der Waals surface area contributed by atoms with Gasteiger partial charge in [-0.3, -0.25) is 0 Å². The van der Waals surface area contributed by atoms with Gasteiger partial charge in [-0.05, 0) is 6.42 Å². The van der Waals surface area contributed by atoms with E-state index in [4.69, 9.17) is 10.8 Å². The van der Waals surface area contributed by atoms with E-state index in [1.165, 1.54) is 0 Å². The van der Waals surface area contributed by atoms with Crippen molar-refractivity contribution >= 4 is 22.8 Å². The number of aromatic nitrogens is 4. The van der Waals surface area contributed by atoms with Crippen LogP contribution >= 0.6 is 0 Å². The zero-order valence-corrected chi connectivity index (χ0v) is 8.96. The Morgan fingerprint density at radius 2 is 2.35 bits per heavy atom. The predicted molar refractivity (Wildman–Crippen MR) is 57.1 cm³/mol. The number of carboxylic acids is 1. The van der Waals surface area contributed by atoms with Crippen LogP contribution in [-0.2, 0) is 0 Å². The van der Waals surface area contributed by atoms with E-state index in [1.54, 1.807) is 6.92 Å². The normalized spacial score (nSPS) is 12.8. The highest BCUT2D eigenvalue weighted by Gasteiger charge is 2.23. The Labute approximate surface area is 95.1 Å². The molecule has 0 aliphatic rings. The second kappa shape index (κ2) is 3.96. The number of carboxylic acid groups (broad SMARTS) is 1. The van der Waals surface area contributed by atoms with Gasteiger partial charge in [-0.15, -0.1) is 0 Å². The van der Waals surface area contributed by atoms with Gasteiger partial charge < -0.3 is 10.8 Å². The van der Waals surface area contributed by atoms with Gasteiger partial charge in [0.05, 0.1) is 5.39 Å². The number of nitrogen functional groups attached to an aromatic ring is 1. The Morgan fingerprint density at radius 1 is 1.65 bits per heavy atom. The minimum Gasteiger partial charge on any atom is -0.476 e. The molecule has 0 radical (unpaired) electrons. The Bertz CT molecular complexity index is 582. The van der Waals surface area contributed by atoms with Crippen molar-refractivity contribution in [2.45, 2.75) is 19.6 Å². The fraction of sp³-hybridized carbons (Fsp3) is 0.333. The van der Waals surface area contributed by atoms with Gasteiger partial charge in [0.25, 0.3) is 0 Å². The van der Waals surface area contributed by atoms with Crippen molar-refractivity contribution in [3.63, 3.8) is 0 Å². The fourth-order valence-electron chi connectivity index (χ4n) is 1.51. The second-order valence-electron chi connectivity index (χ2n) is 3.40. The molecule has 0 aliphatic carbocycles. The molecule has 7 nitrogen and oxygen atoms in total. The molecule has 0 spiro atoms. The first-order valence-electron chi connectivity index (χ1n) is 4.92. The molecule has 1 unspecified atom stereocenters. The molecular formula is C9H10FN5O2. The van der Waals surface area contributed by atoms with Gasteiger partial charge in [0.15, 0.2) is 17.6 Å². The highest BCUT2D eigenvalue weighted by molar-refractivity contribution is 6.04. The largest absolute Gasteiger partial charge is 0.476 e. The van der Waals surface area contributed by atoms with E-state index in [9.17, 15) is 9.18 Å². The summed E-state index contributed by atoms with van der Waals surface area (Å²) in [6.07, 6.45) is -0.149. The van der Waals surface area contributed by atoms with Crippen LogP contribution in [0.1, 0.15) is 30.1 Å². The summed E-state index contributed by atoms with van der Waals surface area (Å²) >= 11 is 0. The third-order valence-electron chi connectivity index (χ3n) is 2.32. The molecule has 3 N–H and O–H groups in total. The molecule has 0 bridgehead atoms. The zero-order valence-electron chi connectivity index (χ0n) is 8.96. The van der Waals surface area contributed by atoms with Gasteiger partial charge in [-0.25, -0.2) is 23.8 Å². The van der Waals surface area contributed by atoms with Crippen molar-refractivity contribution in [3.05, 3.63) is 12.0 Å². The quantitative estimate of drug-likeness (QED) is 0.826. The summed E-state index contributed by atoms with van der Waals surface area (Å²) in [5, 5.41) is 12.7. The van der Waals surface area contributed by atoms with E-state index in [0.29, 0.717) is 0 Å². The van der Waals surface area contributed by atoms with Gasteiger partial charge in [0.2, 0.25) is 0 Å². The molecule has 90 valence electrons. The smallest absolute Gasteiger partial charge is 0.357 e. The molecule has 2 aromatic heterocycles. The third-order valence-corrected chi connectivity index (χ3v) is 2.32. The van der Waals surface area contributed by atoms with E-state index in [2.05, 4.69) is 15.1 Å². The number of anilines is 1. The van der Waals surface area contributed by atoms with Crippen LogP contribution in [0.15, 0.2) is 6.33 Å². The summed E-state index contributed by atoms with van der Waals surface area (Å²) in [7, 11) is 0. The molecule has 2 heterocycles. The van der Waals surface area contributed by atoms with E-state index < -0.39 is 12.3 Å². The highest BCUT2D eigenvalue weighted by atomic mass is 19.1. The van der Waals surface area contributed by atoms with Crippen molar-refractivity contribution in [2.24, 2.45) is 0 Å². The zero-order chi connectivity index (χ0) is 12.6. The molecule has 0 fully saturated rings. The maximum absolute atomic E-state index is 13.6. The number of rotatable bonds is 3. The number of aromatic carboxylic acids is 1. The van der Waals surface area contributed by atoms with Gasteiger partial charge >= 0.3 is 5.97 Å². The first kappa shape index (κ1) is 11.2. The topological polar surface area (TPSA) is 107 Å². The minimum absolute atomic E-state index is 0.0260. The van der Waals surface area contributed by atoms with E-state index >= 15 is 0 Å². The third kappa shape index (κ3) is 1.67. The summed E-state index contributed by atoms with van der Waals surface area (Å²) in [6, 6.07) is 0. The number of alkyl halides is 1. The Balaban J connectivity index is 2.80. The van der Waals surface area contributed by atoms with Gasteiger partial charge in [0, 0.05) is 0 Å². The van der Waals surface area contributed by atoms with Crippen LogP contribution in [0.4, 0.5) is 10.2 Å². The molecule has 0 saturated heterocycles. The average molecular weight is 239 g/mol. The summed E-state index contributed by atoms with van der Waals surface area (Å²) < 4.78 is 14.5. The van der Waals surface area contributed by atoms with Crippen LogP contribution in [-0.4, -0.2) is 30.8 Å². The van der Waals surface area contributed by atoms with Gasteiger partial charge in [-0.1, -0.05) is 6.92 Å². The standard InChI is InChI=1S/C9H10FN5O2/c1-2-4(10)15-8-5(6(14-15)9(16)17)7(11)12-3-13-8/h3-4H,2H2,1H3,(H,16,17)(H2,11,12,13). The number of halogens is 1. The number of carbonyl (C=O) groups is 1. The molecule has 2 aromatic rings. The van der Waals surface area contributed by atoms with Crippen molar-refractivity contribution < 1.29 is 14.3 Å². The van der Waals surface area contributed by atoms with Crippen molar-refractivity contribution in [2.75, 3.05) is 5.73 Å². The maximum atomic E-state index is 13.6. The molecule has 0 aliphatic heterocycles. The van der Waals surface area contributed by atoms with Crippen molar-refractivity contribution in [1.82, 2.24) is 19.7 Å². The Hall–Kier alpha value is -2.25. The number of nitrogens with two attached hydrogens (primary N) is 1. The minimum atomic E-state index is -1.44. The molecule has 0 amide bonds. The monoisotopic (exact) mass is 239 g/mol. The number of hydrogen-bond donors (Lipinski definition) is 2. The van der Waals surface area contributed by atoms with Crippen LogP contribution in [0.5, 0.6) is 0 Å². The van der Waals surface area contributed by atoms with Crippen LogP contribution < -0.4 is 5.73 Å².